The van der Waals surface area contributed by atoms with Gasteiger partial charge in [0.15, 0.2) is 0 Å². The molecule has 3 N–H and O–H groups in total. The highest BCUT2D eigenvalue weighted by Crippen LogP contribution is 1.93. The summed E-state index contributed by atoms with van der Waals surface area (Å²) in [6.45, 7) is 3.37. The van der Waals surface area contributed by atoms with Crippen molar-refractivity contribution in [2.45, 2.75) is 6.04 Å². The molecule has 0 aliphatic carbocycles. The zero-order valence-corrected chi connectivity index (χ0v) is 6.84. The van der Waals surface area contributed by atoms with E-state index in [1.54, 1.807) is 0 Å². The SMILES string of the molecule is C=CC[S@@+]([O-])C[C@@H](N)C(=O)O. The normalized spacial score (nSPS) is 15.5. The molecule has 0 bridgehead atoms. The van der Waals surface area contributed by atoms with Crippen LogP contribution in [0, 0.1) is 0 Å². The molecule has 0 rings (SSSR count). The van der Waals surface area contributed by atoms with E-state index in [0.717, 1.165) is 0 Å². The topological polar surface area (TPSA) is 86.4 Å². The number of hydrogen-bond donors (Lipinski definition) is 2. The number of aliphatic carboxylic acids is 1. The lowest BCUT2D eigenvalue weighted by molar-refractivity contribution is -0.137. The van der Waals surface area contributed by atoms with Crippen LogP contribution in [-0.2, 0) is 16.0 Å². The van der Waals surface area contributed by atoms with E-state index in [9.17, 15) is 9.35 Å². The molecular weight excluding hydrogens is 166 g/mol. The molecule has 64 valence electrons. The number of rotatable bonds is 5. The molecule has 4 nitrogen and oxygen atoms in total. The molecule has 0 aromatic rings. The van der Waals surface area contributed by atoms with Gasteiger partial charge >= 0.3 is 5.97 Å². The molecule has 0 radical (unpaired) electrons. The summed E-state index contributed by atoms with van der Waals surface area (Å²) < 4.78 is 10.9. The molecule has 0 amide bonds. The van der Waals surface area contributed by atoms with Gasteiger partial charge in [0.05, 0.1) is 0 Å². The average Bonchev–Trinajstić information content (AvgIpc) is 1.87. The highest BCUT2D eigenvalue weighted by molar-refractivity contribution is 7.91. The van der Waals surface area contributed by atoms with Gasteiger partial charge in [-0.3, -0.25) is 4.79 Å². The lowest BCUT2D eigenvalue weighted by Crippen LogP contribution is -2.37. The van der Waals surface area contributed by atoms with E-state index < -0.39 is 23.2 Å². The van der Waals surface area contributed by atoms with Crippen LogP contribution in [0.5, 0.6) is 0 Å². The Bertz CT molecular complexity index is 151. The maximum absolute atomic E-state index is 10.9. The second kappa shape index (κ2) is 5.17. The Morgan fingerprint density at radius 2 is 2.45 bits per heavy atom. The highest BCUT2D eigenvalue weighted by atomic mass is 32.2. The third-order valence-electron chi connectivity index (χ3n) is 0.986. The van der Waals surface area contributed by atoms with Crippen molar-refractivity contribution in [1.29, 1.82) is 0 Å². The van der Waals surface area contributed by atoms with Gasteiger partial charge in [-0.15, -0.1) is 0 Å². The van der Waals surface area contributed by atoms with Crippen LogP contribution in [0.15, 0.2) is 12.7 Å². The van der Waals surface area contributed by atoms with Crippen LogP contribution >= 0.6 is 0 Å². The van der Waals surface area contributed by atoms with Crippen LogP contribution in [0.3, 0.4) is 0 Å². The molecule has 0 heterocycles. The first-order chi connectivity index (χ1) is 5.07. The maximum Gasteiger partial charge on any atom is 0.325 e. The van der Waals surface area contributed by atoms with Crippen molar-refractivity contribution in [3.8, 4) is 0 Å². The third-order valence-corrected chi connectivity index (χ3v) is 2.32. The second-order valence-electron chi connectivity index (χ2n) is 2.01. The molecule has 0 aromatic heterocycles. The maximum atomic E-state index is 10.9. The average molecular weight is 177 g/mol. The van der Waals surface area contributed by atoms with Gasteiger partial charge < -0.3 is 15.4 Å². The van der Waals surface area contributed by atoms with E-state index in [1.807, 2.05) is 0 Å². The smallest absolute Gasteiger partial charge is 0.325 e. The quantitative estimate of drug-likeness (QED) is 0.431. The molecule has 5 heteroatoms. The summed E-state index contributed by atoms with van der Waals surface area (Å²) in [5.41, 5.74) is 5.12. The highest BCUT2D eigenvalue weighted by Gasteiger charge is 2.17. The van der Waals surface area contributed by atoms with Crippen molar-refractivity contribution in [3.63, 3.8) is 0 Å². The Labute approximate surface area is 68.3 Å². The number of carboxylic acid groups (broad SMARTS) is 1. The zero-order valence-electron chi connectivity index (χ0n) is 6.03. The van der Waals surface area contributed by atoms with Gasteiger partial charge in [0.1, 0.15) is 17.5 Å². The summed E-state index contributed by atoms with van der Waals surface area (Å²) >= 11 is -1.19. The Morgan fingerprint density at radius 3 is 2.82 bits per heavy atom. The van der Waals surface area contributed by atoms with Gasteiger partial charge in [-0.05, 0) is 17.3 Å². The fourth-order valence-electron chi connectivity index (χ4n) is 0.471. The van der Waals surface area contributed by atoms with E-state index in [0.29, 0.717) is 5.75 Å². The largest absolute Gasteiger partial charge is 0.616 e. The second-order valence-corrected chi connectivity index (χ2v) is 3.55. The Kier molecular flexibility index (Phi) is 4.93. The summed E-state index contributed by atoms with van der Waals surface area (Å²) in [6.07, 6.45) is 1.48. The first-order valence-corrected chi connectivity index (χ1v) is 4.51. The van der Waals surface area contributed by atoms with Crippen LogP contribution < -0.4 is 5.73 Å². The molecule has 11 heavy (non-hydrogen) atoms. The van der Waals surface area contributed by atoms with Crippen LogP contribution in [0.2, 0.25) is 0 Å². The van der Waals surface area contributed by atoms with E-state index in [1.165, 1.54) is 6.08 Å². The van der Waals surface area contributed by atoms with Crippen molar-refractivity contribution in [2.24, 2.45) is 5.73 Å². The summed E-state index contributed by atoms with van der Waals surface area (Å²) in [6, 6.07) is -1.03. The Hall–Kier alpha value is -0.520. The van der Waals surface area contributed by atoms with Crippen LogP contribution in [-0.4, -0.2) is 33.2 Å². The minimum Gasteiger partial charge on any atom is -0.616 e. The third kappa shape index (κ3) is 4.83. The Balaban J connectivity index is 3.64. The van der Waals surface area contributed by atoms with Gasteiger partial charge in [0, 0.05) is 0 Å². The molecule has 0 fully saturated rings. The van der Waals surface area contributed by atoms with Crippen molar-refractivity contribution >= 4 is 17.1 Å². The van der Waals surface area contributed by atoms with Gasteiger partial charge in [-0.1, -0.05) is 6.58 Å². The summed E-state index contributed by atoms with van der Waals surface area (Å²) in [4.78, 5) is 10.2. The van der Waals surface area contributed by atoms with E-state index in [2.05, 4.69) is 6.58 Å². The van der Waals surface area contributed by atoms with E-state index in [4.69, 9.17) is 10.8 Å². The predicted molar refractivity (Wildman–Crippen MR) is 43.7 cm³/mol. The lowest BCUT2D eigenvalue weighted by atomic mass is 10.4. The van der Waals surface area contributed by atoms with Crippen molar-refractivity contribution in [2.75, 3.05) is 11.5 Å². The monoisotopic (exact) mass is 177 g/mol. The molecule has 0 saturated heterocycles. The fraction of sp³-hybridized carbons (Fsp3) is 0.500. The number of hydrogen-bond acceptors (Lipinski definition) is 3. The number of carbonyl (C=O) groups is 1. The van der Waals surface area contributed by atoms with E-state index >= 15 is 0 Å². The number of carboxylic acids is 1. The summed E-state index contributed by atoms with van der Waals surface area (Å²) in [5, 5.41) is 8.31. The van der Waals surface area contributed by atoms with Crippen molar-refractivity contribution in [1.82, 2.24) is 0 Å². The molecule has 0 aliphatic heterocycles. The summed E-state index contributed by atoms with van der Waals surface area (Å²) in [7, 11) is 0. The van der Waals surface area contributed by atoms with Gasteiger partial charge in [0.2, 0.25) is 0 Å². The van der Waals surface area contributed by atoms with Crippen molar-refractivity contribution < 1.29 is 14.5 Å². The molecule has 0 unspecified atom stereocenters. The van der Waals surface area contributed by atoms with Crippen LogP contribution in [0.4, 0.5) is 0 Å². The molecular formula is C6H11NO3S. The van der Waals surface area contributed by atoms with Gasteiger partial charge in [-0.25, -0.2) is 0 Å². The molecule has 2 atom stereocenters. The number of nitrogens with two attached hydrogens (primary N) is 1. The summed E-state index contributed by atoms with van der Waals surface area (Å²) in [5.74, 6) is -0.843. The Morgan fingerprint density at radius 1 is 1.91 bits per heavy atom. The van der Waals surface area contributed by atoms with Crippen LogP contribution in [0.1, 0.15) is 0 Å². The molecule has 0 saturated carbocycles. The first kappa shape index (κ1) is 10.5. The van der Waals surface area contributed by atoms with E-state index in [-0.39, 0.29) is 5.75 Å². The standard InChI is InChI=1S/C6H11NO3S/c1-2-3-11(10)4-5(7)6(8)9/h2,5H,1,3-4,7H2,(H,8,9)/t5-,11-/m1/s1. The zero-order chi connectivity index (χ0) is 8.85. The first-order valence-electron chi connectivity index (χ1n) is 3.02. The lowest BCUT2D eigenvalue weighted by Gasteiger charge is -2.10. The van der Waals surface area contributed by atoms with Gasteiger partial charge in [-0.2, -0.15) is 0 Å². The minimum absolute atomic E-state index is 0.0125. The fourth-order valence-corrected chi connectivity index (χ4v) is 1.41. The minimum atomic E-state index is -1.19. The predicted octanol–water partition coefficient (Wildman–Crippen LogP) is -0.667. The molecule has 0 aromatic carbocycles. The van der Waals surface area contributed by atoms with Crippen molar-refractivity contribution in [3.05, 3.63) is 12.7 Å². The van der Waals surface area contributed by atoms with Crippen LogP contribution in [0.25, 0.3) is 0 Å². The van der Waals surface area contributed by atoms with Gasteiger partial charge in [0.25, 0.3) is 0 Å². The molecule has 0 spiro atoms. The molecule has 0 aliphatic rings.